The molecule has 16 nitrogen and oxygen atoms in total. The highest BCUT2D eigenvalue weighted by Crippen LogP contribution is 2.37. The number of aromatic nitrogens is 3. The van der Waals surface area contributed by atoms with E-state index in [-0.39, 0.29) is 48.8 Å². The fourth-order valence-electron chi connectivity index (χ4n) is 10.5. The van der Waals surface area contributed by atoms with E-state index >= 15 is 0 Å². The maximum absolute atomic E-state index is 14.3. The molecule has 10 rings (SSSR count). The van der Waals surface area contributed by atoms with Crippen molar-refractivity contribution < 1.29 is 38.9 Å². The van der Waals surface area contributed by atoms with Gasteiger partial charge in [-0.3, -0.25) is 24.5 Å². The maximum Gasteiger partial charge on any atom is 0.355 e. The molecule has 5 heterocycles. The number of ether oxygens (including phenoxy) is 1. The molecule has 1 fully saturated rings. The fraction of sp³-hybridized carbons (Fsp3) is 0.290. The highest BCUT2D eigenvalue weighted by molar-refractivity contribution is 7.22. The lowest BCUT2D eigenvalue weighted by molar-refractivity contribution is -0.144. The number of para-hydroxylation sites is 1. The lowest BCUT2D eigenvalue weighted by Crippen LogP contribution is -2.57. The largest absolute Gasteiger partial charge is 0.476 e. The Labute approximate surface area is 471 Å². The van der Waals surface area contributed by atoms with E-state index in [4.69, 9.17) is 9.72 Å². The molecule has 18 heteroatoms. The molecule has 0 radical (unpaired) electrons. The number of carbonyl (C=O) groups excluding carboxylic acids is 4. The van der Waals surface area contributed by atoms with E-state index in [0.717, 1.165) is 48.6 Å². The first-order valence-corrected chi connectivity index (χ1v) is 28.3. The summed E-state index contributed by atoms with van der Waals surface area (Å²) in [5.41, 5.74) is 9.73. The summed E-state index contributed by atoms with van der Waals surface area (Å²) in [5.74, 6) is -1.07. The van der Waals surface area contributed by atoms with E-state index in [9.17, 15) is 34.2 Å². The average Bonchev–Trinajstić information content (AvgIpc) is 4.22. The van der Waals surface area contributed by atoms with Crippen LogP contribution in [0.25, 0.3) is 31.8 Å². The number of thiazole rings is 2. The summed E-state index contributed by atoms with van der Waals surface area (Å²) in [4.78, 5) is 86.4. The number of aromatic carboxylic acids is 1. The predicted molar refractivity (Wildman–Crippen MR) is 311 cm³/mol. The number of nitrogens with zero attached hydrogens (tertiary/aromatic N) is 5. The second-order valence-corrected chi connectivity index (χ2v) is 23.4. The van der Waals surface area contributed by atoms with Gasteiger partial charge < -0.3 is 35.4 Å². The first-order valence-electron chi connectivity index (χ1n) is 26.6. The second-order valence-electron chi connectivity index (χ2n) is 21.5. The van der Waals surface area contributed by atoms with Gasteiger partial charge in [-0.05, 0) is 127 Å². The van der Waals surface area contributed by atoms with E-state index in [2.05, 4.69) is 25.9 Å². The highest BCUT2D eigenvalue weighted by Gasteiger charge is 2.45. The number of hydrogen-bond acceptors (Lipinski definition) is 13. The number of anilines is 2. The first kappa shape index (κ1) is 55.0. The smallest absolute Gasteiger partial charge is 0.355 e. The predicted octanol–water partition coefficient (Wildman–Crippen LogP) is 10.7. The summed E-state index contributed by atoms with van der Waals surface area (Å²) in [6, 6.07) is 35.4. The van der Waals surface area contributed by atoms with Crippen molar-refractivity contribution in [1.29, 1.82) is 0 Å². The van der Waals surface area contributed by atoms with Crippen LogP contribution in [0.2, 0.25) is 0 Å². The van der Waals surface area contributed by atoms with Gasteiger partial charge in [0, 0.05) is 43.6 Å². The number of aliphatic hydroxyl groups excluding tert-OH is 1. The number of hydrogen-bond donors (Lipinski definition) is 5. The third-order valence-corrected chi connectivity index (χ3v) is 16.8. The minimum atomic E-state index is -1.18. The molecule has 80 heavy (non-hydrogen) atoms. The van der Waals surface area contributed by atoms with Gasteiger partial charge in [-0.15, -0.1) is 11.3 Å². The number of benzene rings is 5. The van der Waals surface area contributed by atoms with Gasteiger partial charge in [0.2, 0.25) is 17.7 Å². The number of rotatable bonds is 16. The standard InChI is InChI=1S/C62H62N8O8S2/c1-35-44(45-26-27-52(66-54(45)60(76)77)69-30-29-40-11-9-13-46(47(40)33-69)57(73)68-61-65-48-14-7-8-16-51(48)80-61)12-10-15-50(35)78-43-24-17-38(18-25-43)19-28-53(72)67-56(62(4,5)6)59(75)70-32-42(71)31-49(70)58(74)64-36(2)39-20-22-41(23-21-39)55-37(3)63-34-79-55/h7-18,20-27,34,36,42,49,56,71H,19,28-33H2,1-6H3,(H,64,74)(H,67,72)(H,76,77)(H,65,68,73)/t36?,42-,49+,56?/m1/s1. The number of nitrogens with one attached hydrogen (secondary N) is 3. The van der Waals surface area contributed by atoms with Crippen LogP contribution in [0.3, 0.4) is 0 Å². The van der Waals surface area contributed by atoms with Crippen LogP contribution in [-0.2, 0) is 33.8 Å². The summed E-state index contributed by atoms with van der Waals surface area (Å²) in [6.45, 7) is 12.2. The molecule has 5 aromatic carbocycles. The quantitative estimate of drug-likeness (QED) is 0.0611. The molecular formula is C62H62N8O8S2. The Hall–Kier alpha value is -8.32. The van der Waals surface area contributed by atoms with Gasteiger partial charge in [-0.25, -0.2) is 19.7 Å². The van der Waals surface area contributed by atoms with E-state index < -0.39 is 35.5 Å². The molecule has 0 saturated carbocycles. The van der Waals surface area contributed by atoms with Crippen molar-refractivity contribution in [2.45, 2.75) is 98.0 Å². The summed E-state index contributed by atoms with van der Waals surface area (Å²) in [7, 11) is 0. The van der Waals surface area contributed by atoms with E-state index in [1.165, 1.54) is 16.2 Å². The number of carboxylic acid groups (broad SMARTS) is 1. The second kappa shape index (κ2) is 23.2. The van der Waals surface area contributed by atoms with Crippen molar-refractivity contribution in [2.24, 2.45) is 5.41 Å². The minimum Gasteiger partial charge on any atom is -0.476 e. The molecule has 5 N–H and O–H groups in total. The minimum absolute atomic E-state index is 0.0307. The fourth-order valence-corrected chi connectivity index (χ4v) is 12.1. The number of aryl methyl sites for hydroxylation is 2. The number of carboxylic acids is 1. The molecule has 2 unspecified atom stereocenters. The Kier molecular flexibility index (Phi) is 15.9. The number of aliphatic hydroxyl groups is 1. The van der Waals surface area contributed by atoms with Crippen LogP contribution >= 0.6 is 22.7 Å². The third kappa shape index (κ3) is 12.0. The Morgan fingerprint density at radius 2 is 1.61 bits per heavy atom. The molecule has 1 saturated heterocycles. The molecule has 3 aromatic heterocycles. The molecule has 0 spiro atoms. The lowest BCUT2D eigenvalue weighted by Gasteiger charge is -2.35. The Balaban J connectivity index is 0.754. The highest BCUT2D eigenvalue weighted by atomic mass is 32.1. The average molecular weight is 1110 g/mol. The van der Waals surface area contributed by atoms with Gasteiger partial charge in [-0.2, -0.15) is 0 Å². The van der Waals surface area contributed by atoms with Crippen molar-refractivity contribution in [3.05, 3.63) is 172 Å². The first-order chi connectivity index (χ1) is 38.4. The van der Waals surface area contributed by atoms with Gasteiger partial charge in [-0.1, -0.05) is 105 Å². The molecule has 2 aliphatic heterocycles. The van der Waals surface area contributed by atoms with Crippen molar-refractivity contribution >= 4 is 73.4 Å². The number of fused-ring (bicyclic) bond motifs is 2. The zero-order valence-corrected chi connectivity index (χ0v) is 46.9. The van der Waals surface area contributed by atoms with Crippen LogP contribution < -0.4 is 25.6 Å². The van der Waals surface area contributed by atoms with Gasteiger partial charge in [0.15, 0.2) is 10.8 Å². The van der Waals surface area contributed by atoms with Crippen molar-refractivity contribution in [2.75, 3.05) is 23.3 Å². The van der Waals surface area contributed by atoms with E-state index in [1.807, 2.05) is 143 Å². The number of likely N-dealkylation sites (tertiary alicyclic amines) is 1. The van der Waals surface area contributed by atoms with Crippen molar-refractivity contribution in [3.63, 3.8) is 0 Å². The SMILES string of the molecule is Cc1ncsc1-c1ccc(C(C)NC(=O)[C@@H]2C[C@@H](O)CN2C(=O)C(NC(=O)CCc2ccc(Oc3cccc(-c4ccc(N5CCc6cccc(C(=O)Nc7nc8ccccc8s7)c6C5)nc4C(=O)O)c3C)cc2)C(C)(C)C)cc1. The molecule has 2 aliphatic rings. The summed E-state index contributed by atoms with van der Waals surface area (Å²) >= 11 is 2.98. The molecule has 8 aromatic rings. The van der Waals surface area contributed by atoms with Gasteiger partial charge >= 0.3 is 5.97 Å². The van der Waals surface area contributed by atoms with Crippen LogP contribution in [0.4, 0.5) is 10.9 Å². The van der Waals surface area contributed by atoms with Crippen LogP contribution in [-0.4, -0.2) is 90.9 Å². The zero-order chi connectivity index (χ0) is 56.4. The van der Waals surface area contributed by atoms with Crippen LogP contribution in [0.5, 0.6) is 11.5 Å². The van der Waals surface area contributed by atoms with E-state index in [0.29, 0.717) is 70.6 Å². The Morgan fingerprint density at radius 3 is 2.34 bits per heavy atom. The normalized spacial score (nSPS) is 15.9. The zero-order valence-electron chi connectivity index (χ0n) is 45.3. The molecular weight excluding hydrogens is 1050 g/mol. The van der Waals surface area contributed by atoms with Crippen LogP contribution in [0.15, 0.2) is 127 Å². The van der Waals surface area contributed by atoms with Gasteiger partial charge in [0.1, 0.15) is 29.4 Å². The lowest BCUT2D eigenvalue weighted by atomic mass is 9.85. The topological polar surface area (TPSA) is 216 Å². The third-order valence-electron chi connectivity index (χ3n) is 14.9. The molecule has 4 atom stereocenters. The van der Waals surface area contributed by atoms with Crippen LogP contribution in [0, 0.1) is 19.3 Å². The Morgan fingerprint density at radius 1 is 0.850 bits per heavy atom. The summed E-state index contributed by atoms with van der Waals surface area (Å²) < 4.78 is 7.34. The van der Waals surface area contributed by atoms with Crippen molar-refractivity contribution in [1.82, 2.24) is 30.5 Å². The molecule has 0 bridgehead atoms. The monoisotopic (exact) mass is 1110 g/mol. The Bertz CT molecular complexity index is 3610. The number of β-amino-alcohol motifs (C(OH)–C–C–N with tert-alkyl or cyclic N) is 1. The van der Waals surface area contributed by atoms with Crippen LogP contribution in [0.1, 0.15) is 101 Å². The number of carbonyl (C=O) groups is 5. The summed E-state index contributed by atoms with van der Waals surface area (Å²) in [6.07, 6.45) is 0.275. The molecule has 0 aliphatic carbocycles. The maximum atomic E-state index is 14.3. The van der Waals surface area contributed by atoms with Gasteiger partial charge in [0.05, 0.1) is 38.4 Å². The molecule has 4 amide bonds. The number of pyridine rings is 1. The summed E-state index contributed by atoms with van der Waals surface area (Å²) in [5, 5.41) is 30.8. The molecule has 410 valence electrons. The van der Waals surface area contributed by atoms with Gasteiger partial charge in [0.25, 0.3) is 5.91 Å². The van der Waals surface area contributed by atoms with E-state index in [1.54, 1.807) is 41.7 Å². The van der Waals surface area contributed by atoms with Crippen molar-refractivity contribution in [3.8, 4) is 33.1 Å². The number of amides is 4.